The molecule has 5 rings (SSSR count). The fraction of sp³-hybridized carbons (Fsp3) is 0.750. The second kappa shape index (κ2) is 8.25. The van der Waals surface area contributed by atoms with Crippen molar-refractivity contribution in [3.05, 3.63) is 18.0 Å². The average Bonchev–Trinajstić information content (AvgIpc) is 3.28. The first-order chi connectivity index (χ1) is 14.2. The molecule has 3 fully saturated rings. The van der Waals surface area contributed by atoms with E-state index in [0.29, 0.717) is 12.0 Å². The molecule has 5 nitrogen and oxygen atoms in total. The molecule has 2 bridgehead atoms. The Hall–Kier alpha value is -1.62. The standard InChI is InChI=1S/C24H36N4O/c1-2-3-10-25-24-26-14-21-22(18-12-16-4-5-17(11-16)13-18)15-28(23(21)27-24)19-6-8-20(29)9-7-19/h14-20,29H,2-13H2,1H3,(H,25,26,27). The summed E-state index contributed by atoms with van der Waals surface area (Å²) in [6.07, 6.45) is 17.6. The summed E-state index contributed by atoms with van der Waals surface area (Å²) < 4.78 is 2.44. The quantitative estimate of drug-likeness (QED) is 0.641. The highest BCUT2D eigenvalue weighted by molar-refractivity contribution is 5.81. The zero-order valence-electron chi connectivity index (χ0n) is 17.8. The van der Waals surface area contributed by atoms with E-state index in [-0.39, 0.29) is 6.10 Å². The molecule has 2 atom stereocenters. The number of anilines is 1. The van der Waals surface area contributed by atoms with Gasteiger partial charge in [0.25, 0.3) is 0 Å². The van der Waals surface area contributed by atoms with Crippen molar-refractivity contribution < 1.29 is 5.11 Å². The maximum atomic E-state index is 9.98. The van der Waals surface area contributed by atoms with Gasteiger partial charge in [-0.1, -0.05) is 26.2 Å². The Morgan fingerprint density at radius 2 is 1.83 bits per heavy atom. The van der Waals surface area contributed by atoms with Crippen LogP contribution in [0.5, 0.6) is 0 Å². The number of unbranched alkanes of at least 4 members (excludes halogenated alkanes) is 1. The number of hydrogen-bond donors (Lipinski definition) is 2. The van der Waals surface area contributed by atoms with Crippen molar-refractivity contribution in [2.45, 2.75) is 95.6 Å². The Morgan fingerprint density at radius 1 is 1.07 bits per heavy atom. The predicted octanol–water partition coefficient (Wildman–Crippen LogP) is 5.41. The molecule has 158 valence electrons. The lowest BCUT2D eigenvalue weighted by molar-refractivity contribution is 0.111. The third-order valence-electron chi connectivity index (χ3n) is 7.80. The summed E-state index contributed by atoms with van der Waals surface area (Å²) in [5.41, 5.74) is 2.59. The molecule has 3 aliphatic rings. The number of hydrogen-bond acceptors (Lipinski definition) is 4. The van der Waals surface area contributed by atoms with Gasteiger partial charge in [0, 0.05) is 30.4 Å². The van der Waals surface area contributed by atoms with Crippen LogP contribution in [0.1, 0.15) is 95.1 Å². The smallest absolute Gasteiger partial charge is 0.224 e. The van der Waals surface area contributed by atoms with Crippen LogP contribution in [0.25, 0.3) is 11.0 Å². The molecule has 0 spiro atoms. The molecule has 3 aliphatic carbocycles. The largest absolute Gasteiger partial charge is 0.393 e. The average molecular weight is 397 g/mol. The molecule has 2 heterocycles. The van der Waals surface area contributed by atoms with E-state index >= 15 is 0 Å². The van der Waals surface area contributed by atoms with E-state index < -0.39 is 0 Å². The Balaban J connectivity index is 1.49. The third kappa shape index (κ3) is 3.90. The first-order valence-electron chi connectivity index (χ1n) is 12.0. The fourth-order valence-corrected chi connectivity index (χ4v) is 6.22. The highest BCUT2D eigenvalue weighted by Crippen LogP contribution is 2.50. The van der Waals surface area contributed by atoms with Gasteiger partial charge < -0.3 is 15.0 Å². The lowest BCUT2D eigenvalue weighted by atomic mass is 9.78. The Bertz CT molecular complexity index is 827. The molecule has 0 aromatic carbocycles. The normalized spacial score (nSPS) is 32.0. The lowest BCUT2D eigenvalue weighted by Crippen LogP contribution is -2.21. The molecule has 3 saturated carbocycles. The molecule has 0 aliphatic heterocycles. The van der Waals surface area contributed by atoms with Gasteiger partial charge in [0.2, 0.25) is 5.95 Å². The number of aliphatic hydroxyl groups excluding tert-OH is 1. The Labute approximate surface area is 174 Å². The minimum absolute atomic E-state index is 0.123. The Kier molecular flexibility index (Phi) is 5.51. The molecule has 2 aromatic rings. The summed E-state index contributed by atoms with van der Waals surface area (Å²) in [6.45, 7) is 3.13. The molecule has 5 heteroatoms. The molecular weight excluding hydrogens is 360 g/mol. The van der Waals surface area contributed by atoms with Crippen molar-refractivity contribution in [3.63, 3.8) is 0 Å². The summed E-state index contributed by atoms with van der Waals surface area (Å²) in [6, 6.07) is 0.452. The number of aliphatic hydroxyl groups is 1. The minimum Gasteiger partial charge on any atom is -0.393 e. The van der Waals surface area contributed by atoms with Gasteiger partial charge in [0.15, 0.2) is 0 Å². The highest BCUT2D eigenvalue weighted by Gasteiger charge is 2.36. The predicted molar refractivity (Wildman–Crippen MR) is 117 cm³/mol. The van der Waals surface area contributed by atoms with Gasteiger partial charge in [0.1, 0.15) is 5.65 Å². The lowest BCUT2D eigenvalue weighted by Gasteiger charge is -2.28. The van der Waals surface area contributed by atoms with E-state index in [2.05, 4.69) is 34.2 Å². The van der Waals surface area contributed by atoms with Crippen molar-refractivity contribution in [2.75, 3.05) is 11.9 Å². The van der Waals surface area contributed by atoms with Crippen LogP contribution in [0.15, 0.2) is 12.4 Å². The molecule has 2 unspecified atom stereocenters. The maximum Gasteiger partial charge on any atom is 0.224 e. The molecule has 2 aromatic heterocycles. The Morgan fingerprint density at radius 3 is 2.55 bits per heavy atom. The number of nitrogens with one attached hydrogen (secondary N) is 1. The van der Waals surface area contributed by atoms with Gasteiger partial charge in [-0.2, -0.15) is 4.98 Å². The van der Waals surface area contributed by atoms with Crippen molar-refractivity contribution >= 4 is 17.0 Å². The van der Waals surface area contributed by atoms with Crippen LogP contribution in [0.4, 0.5) is 5.95 Å². The monoisotopic (exact) mass is 396 g/mol. The van der Waals surface area contributed by atoms with Crippen LogP contribution in [0.2, 0.25) is 0 Å². The maximum absolute atomic E-state index is 9.98. The van der Waals surface area contributed by atoms with Crippen LogP contribution in [0, 0.1) is 11.8 Å². The van der Waals surface area contributed by atoms with E-state index in [1.165, 1.54) is 49.5 Å². The first-order valence-corrected chi connectivity index (χ1v) is 12.0. The van der Waals surface area contributed by atoms with Gasteiger partial charge in [-0.25, -0.2) is 4.98 Å². The van der Waals surface area contributed by atoms with Gasteiger partial charge in [-0.15, -0.1) is 0 Å². The van der Waals surface area contributed by atoms with Crippen molar-refractivity contribution in [1.82, 2.24) is 14.5 Å². The second-order valence-electron chi connectivity index (χ2n) is 9.88. The first kappa shape index (κ1) is 19.3. The molecule has 0 amide bonds. The molecule has 2 N–H and O–H groups in total. The fourth-order valence-electron chi connectivity index (χ4n) is 6.22. The van der Waals surface area contributed by atoms with E-state index in [1.807, 2.05) is 0 Å². The second-order valence-corrected chi connectivity index (χ2v) is 9.88. The number of aromatic nitrogens is 3. The van der Waals surface area contributed by atoms with Gasteiger partial charge in [-0.3, -0.25) is 0 Å². The van der Waals surface area contributed by atoms with Crippen molar-refractivity contribution in [3.8, 4) is 0 Å². The van der Waals surface area contributed by atoms with Crippen LogP contribution in [-0.2, 0) is 0 Å². The van der Waals surface area contributed by atoms with Crippen LogP contribution < -0.4 is 5.32 Å². The van der Waals surface area contributed by atoms with E-state index in [0.717, 1.165) is 62.1 Å². The third-order valence-corrected chi connectivity index (χ3v) is 7.80. The summed E-state index contributed by atoms with van der Waals surface area (Å²) >= 11 is 0. The van der Waals surface area contributed by atoms with Gasteiger partial charge in [0.05, 0.1) is 6.10 Å². The topological polar surface area (TPSA) is 63.0 Å². The van der Waals surface area contributed by atoms with Crippen molar-refractivity contribution in [1.29, 1.82) is 0 Å². The van der Waals surface area contributed by atoms with Gasteiger partial charge >= 0.3 is 0 Å². The molecule has 0 saturated heterocycles. The summed E-state index contributed by atoms with van der Waals surface area (Å²) in [4.78, 5) is 9.67. The molecular formula is C24H36N4O. The number of nitrogens with zero attached hydrogens (tertiary/aromatic N) is 3. The zero-order chi connectivity index (χ0) is 19.8. The molecule has 29 heavy (non-hydrogen) atoms. The highest BCUT2D eigenvalue weighted by atomic mass is 16.3. The van der Waals surface area contributed by atoms with E-state index in [1.54, 1.807) is 0 Å². The number of rotatable bonds is 6. The van der Waals surface area contributed by atoms with E-state index in [9.17, 15) is 5.11 Å². The number of fused-ring (bicyclic) bond motifs is 3. The van der Waals surface area contributed by atoms with Crippen LogP contribution in [-0.4, -0.2) is 32.3 Å². The van der Waals surface area contributed by atoms with Crippen LogP contribution in [0.3, 0.4) is 0 Å². The minimum atomic E-state index is -0.123. The molecule has 0 radical (unpaired) electrons. The summed E-state index contributed by atoms with van der Waals surface area (Å²) in [7, 11) is 0. The van der Waals surface area contributed by atoms with E-state index in [4.69, 9.17) is 4.98 Å². The van der Waals surface area contributed by atoms with Crippen molar-refractivity contribution in [2.24, 2.45) is 11.8 Å². The van der Waals surface area contributed by atoms with Gasteiger partial charge in [-0.05, 0) is 74.7 Å². The zero-order valence-corrected chi connectivity index (χ0v) is 17.8. The summed E-state index contributed by atoms with van der Waals surface area (Å²) in [5, 5.41) is 14.7. The van der Waals surface area contributed by atoms with Crippen LogP contribution >= 0.6 is 0 Å². The summed E-state index contributed by atoms with van der Waals surface area (Å²) in [5.74, 6) is 3.29. The SMILES string of the molecule is CCCCNc1ncc2c(C3CC4CCC(C4)C3)cn(C3CCC(O)CC3)c2n1.